The lowest BCUT2D eigenvalue weighted by Crippen LogP contribution is -2.39. The molecule has 1 aromatic heterocycles. The zero-order chi connectivity index (χ0) is 20.1. The summed E-state index contributed by atoms with van der Waals surface area (Å²) in [6.45, 7) is 2.86. The van der Waals surface area contributed by atoms with E-state index in [1.54, 1.807) is 7.05 Å². The van der Waals surface area contributed by atoms with E-state index in [9.17, 15) is 4.79 Å². The number of aryl methyl sites for hydroxylation is 1. The number of fused-ring (bicyclic) bond motifs is 1. The number of nitrogens with zero attached hydrogens (tertiary/aromatic N) is 4. The Morgan fingerprint density at radius 2 is 1.96 bits per heavy atom. The number of hydrogen-bond acceptors (Lipinski definition) is 2. The molecule has 1 aliphatic heterocycles. The molecule has 2 heterocycles. The predicted octanol–water partition coefficient (Wildman–Crippen LogP) is 3.01. The molecule has 0 atom stereocenters. The molecule has 3 rings (SSSR count). The van der Waals surface area contributed by atoms with Gasteiger partial charge in [0, 0.05) is 59.1 Å². The second-order valence-corrected chi connectivity index (χ2v) is 7.65. The molecule has 150 valence electrons. The van der Waals surface area contributed by atoms with Gasteiger partial charge in [-0.1, -0.05) is 35.9 Å². The molecule has 2 aromatic rings. The summed E-state index contributed by atoms with van der Waals surface area (Å²) in [5, 5.41) is 4.07. The fourth-order valence-corrected chi connectivity index (χ4v) is 3.81. The molecule has 0 radical (unpaired) electrons. The lowest BCUT2D eigenvalue weighted by atomic mass is 10.1. The lowest BCUT2D eigenvalue weighted by Gasteiger charge is -2.22. The van der Waals surface area contributed by atoms with Gasteiger partial charge in [-0.15, -0.1) is 0 Å². The van der Waals surface area contributed by atoms with Gasteiger partial charge in [-0.3, -0.25) is 9.79 Å². The highest BCUT2D eigenvalue weighted by atomic mass is 35.5. The molecule has 0 saturated heterocycles. The van der Waals surface area contributed by atoms with Crippen LogP contribution in [0.15, 0.2) is 41.5 Å². The third kappa shape index (κ3) is 4.87. The Hall–Kier alpha value is -2.47. The van der Waals surface area contributed by atoms with E-state index in [1.165, 1.54) is 11.1 Å². The maximum Gasteiger partial charge on any atom is 0.223 e. The van der Waals surface area contributed by atoms with E-state index in [-0.39, 0.29) is 5.91 Å². The van der Waals surface area contributed by atoms with Crippen molar-refractivity contribution in [2.45, 2.75) is 32.5 Å². The van der Waals surface area contributed by atoms with Gasteiger partial charge in [-0.2, -0.15) is 0 Å². The van der Waals surface area contributed by atoms with Crippen molar-refractivity contribution in [2.24, 2.45) is 12.0 Å². The maximum absolute atomic E-state index is 12.5. The third-order valence-corrected chi connectivity index (χ3v) is 5.30. The first-order chi connectivity index (χ1) is 13.5. The second kappa shape index (κ2) is 9.15. The highest BCUT2D eigenvalue weighted by molar-refractivity contribution is 6.30. The van der Waals surface area contributed by atoms with Gasteiger partial charge < -0.3 is 19.7 Å². The summed E-state index contributed by atoms with van der Waals surface area (Å²) in [7, 11) is 5.74. The standard InChI is InChI=1S/C21H28ClN5O/c1-23-21(26(3)15-19-11-18(22)14-25(19)2)24-10-6-9-20(28)27-12-16-7-4-5-8-17(16)13-27/h4-5,7-8,11,14H,6,9-10,12-13,15H2,1-3H3,(H,23,24). The van der Waals surface area contributed by atoms with Gasteiger partial charge in [0.25, 0.3) is 0 Å². The Kier molecular flexibility index (Phi) is 6.62. The summed E-state index contributed by atoms with van der Waals surface area (Å²) < 4.78 is 2.01. The Morgan fingerprint density at radius 3 is 2.54 bits per heavy atom. The molecule has 0 bridgehead atoms. The first kappa shape index (κ1) is 20.3. The molecule has 0 unspecified atom stereocenters. The molecule has 0 aliphatic carbocycles. The zero-order valence-corrected chi connectivity index (χ0v) is 17.5. The number of benzene rings is 1. The fourth-order valence-electron chi connectivity index (χ4n) is 3.53. The molecular formula is C21H28ClN5O. The number of hydrogen-bond donors (Lipinski definition) is 1. The van der Waals surface area contributed by atoms with E-state index in [2.05, 4.69) is 22.4 Å². The maximum atomic E-state index is 12.5. The van der Waals surface area contributed by atoms with Gasteiger partial charge >= 0.3 is 0 Å². The Bertz CT molecular complexity index is 835. The number of aromatic nitrogens is 1. The summed E-state index contributed by atoms with van der Waals surface area (Å²) in [6, 6.07) is 10.2. The number of aliphatic imine (C=N–C) groups is 1. The number of guanidine groups is 1. The van der Waals surface area contributed by atoms with Crippen molar-refractivity contribution >= 4 is 23.5 Å². The Morgan fingerprint density at radius 1 is 1.29 bits per heavy atom. The first-order valence-corrected chi connectivity index (χ1v) is 9.93. The average Bonchev–Trinajstić information content (AvgIpc) is 3.24. The van der Waals surface area contributed by atoms with Gasteiger partial charge in [0.05, 0.1) is 11.6 Å². The minimum atomic E-state index is 0.208. The lowest BCUT2D eigenvalue weighted by molar-refractivity contribution is -0.131. The third-order valence-electron chi connectivity index (χ3n) is 5.09. The topological polar surface area (TPSA) is 52.9 Å². The van der Waals surface area contributed by atoms with Crippen LogP contribution in [0.2, 0.25) is 5.02 Å². The number of rotatable bonds is 6. The quantitative estimate of drug-likeness (QED) is 0.460. The molecule has 0 saturated carbocycles. The number of carbonyl (C=O) groups is 1. The molecule has 6 nitrogen and oxygen atoms in total. The van der Waals surface area contributed by atoms with E-state index in [4.69, 9.17) is 11.6 Å². The predicted molar refractivity (Wildman–Crippen MR) is 113 cm³/mol. The van der Waals surface area contributed by atoms with Crippen LogP contribution >= 0.6 is 11.6 Å². The van der Waals surface area contributed by atoms with E-state index in [1.807, 2.05) is 52.9 Å². The zero-order valence-electron chi connectivity index (χ0n) is 16.8. The molecule has 28 heavy (non-hydrogen) atoms. The van der Waals surface area contributed by atoms with Crippen LogP contribution in [0.3, 0.4) is 0 Å². The highest BCUT2D eigenvalue weighted by Gasteiger charge is 2.22. The van der Waals surface area contributed by atoms with Crippen molar-refractivity contribution in [1.29, 1.82) is 0 Å². The molecule has 1 aliphatic rings. The molecule has 1 amide bonds. The number of carbonyl (C=O) groups excluding carboxylic acids is 1. The molecule has 0 spiro atoms. The highest BCUT2D eigenvalue weighted by Crippen LogP contribution is 2.22. The van der Waals surface area contributed by atoms with Crippen LogP contribution in [0.1, 0.15) is 29.7 Å². The van der Waals surface area contributed by atoms with Crippen LogP contribution in [-0.4, -0.2) is 46.9 Å². The van der Waals surface area contributed by atoms with Crippen molar-refractivity contribution in [3.63, 3.8) is 0 Å². The van der Waals surface area contributed by atoms with E-state index in [0.717, 1.165) is 36.2 Å². The normalized spacial score (nSPS) is 13.6. The molecule has 0 fully saturated rings. The van der Waals surface area contributed by atoms with Crippen molar-refractivity contribution in [1.82, 2.24) is 19.7 Å². The van der Waals surface area contributed by atoms with Gasteiger partial charge in [0.15, 0.2) is 5.96 Å². The van der Waals surface area contributed by atoms with Gasteiger partial charge in [-0.25, -0.2) is 0 Å². The van der Waals surface area contributed by atoms with Crippen LogP contribution in [-0.2, 0) is 31.5 Å². The fraction of sp³-hybridized carbons (Fsp3) is 0.429. The van der Waals surface area contributed by atoms with E-state index < -0.39 is 0 Å². The Labute approximate surface area is 171 Å². The average molecular weight is 402 g/mol. The SMILES string of the molecule is CN=C(NCCCC(=O)N1Cc2ccccc2C1)N(C)Cc1cc(Cl)cn1C. The van der Waals surface area contributed by atoms with Crippen LogP contribution in [0, 0.1) is 0 Å². The number of amides is 1. The number of nitrogens with one attached hydrogen (secondary N) is 1. The Balaban J connectivity index is 1.41. The van der Waals surface area contributed by atoms with Gasteiger partial charge in [0.1, 0.15) is 0 Å². The van der Waals surface area contributed by atoms with Gasteiger partial charge in [0.2, 0.25) is 5.91 Å². The molecular weight excluding hydrogens is 374 g/mol. The molecule has 7 heteroatoms. The largest absolute Gasteiger partial charge is 0.356 e. The first-order valence-electron chi connectivity index (χ1n) is 9.55. The van der Waals surface area contributed by atoms with Crippen molar-refractivity contribution in [3.05, 3.63) is 58.4 Å². The summed E-state index contributed by atoms with van der Waals surface area (Å²) in [5.41, 5.74) is 3.63. The summed E-state index contributed by atoms with van der Waals surface area (Å²) in [5.74, 6) is 1.01. The van der Waals surface area contributed by atoms with Crippen LogP contribution in [0.5, 0.6) is 0 Å². The van der Waals surface area contributed by atoms with Crippen molar-refractivity contribution in [3.8, 4) is 0 Å². The van der Waals surface area contributed by atoms with E-state index >= 15 is 0 Å². The summed E-state index contributed by atoms with van der Waals surface area (Å²) >= 11 is 6.06. The minimum absolute atomic E-state index is 0.208. The molecule has 1 N–H and O–H groups in total. The summed E-state index contributed by atoms with van der Waals surface area (Å²) in [6.07, 6.45) is 3.20. The molecule has 1 aromatic carbocycles. The monoisotopic (exact) mass is 401 g/mol. The van der Waals surface area contributed by atoms with Crippen molar-refractivity contribution in [2.75, 3.05) is 20.6 Å². The van der Waals surface area contributed by atoms with Crippen LogP contribution in [0.25, 0.3) is 0 Å². The smallest absolute Gasteiger partial charge is 0.223 e. The van der Waals surface area contributed by atoms with Crippen LogP contribution in [0.4, 0.5) is 0 Å². The van der Waals surface area contributed by atoms with Crippen LogP contribution < -0.4 is 5.32 Å². The van der Waals surface area contributed by atoms with Crippen molar-refractivity contribution < 1.29 is 4.79 Å². The number of halogens is 1. The van der Waals surface area contributed by atoms with E-state index in [0.29, 0.717) is 19.5 Å². The van der Waals surface area contributed by atoms with Gasteiger partial charge in [-0.05, 0) is 23.6 Å². The minimum Gasteiger partial charge on any atom is -0.356 e. The summed E-state index contributed by atoms with van der Waals surface area (Å²) in [4.78, 5) is 20.8. The second-order valence-electron chi connectivity index (χ2n) is 7.21.